The van der Waals surface area contributed by atoms with Crippen LogP contribution in [0.15, 0.2) is 70.6 Å². The number of methoxy groups -OCH3 is 1. The summed E-state index contributed by atoms with van der Waals surface area (Å²) in [5, 5.41) is 3.83. The van der Waals surface area contributed by atoms with Crippen LogP contribution in [0.3, 0.4) is 0 Å². The van der Waals surface area contributed by atoms with E-state index in [0.717, 1.165) is 44.7 Å². The molecule has 1 heterocycles. The monoisotopic (exact) mass is 457 g/mol. The average Bonchev–Trinajstić information content (AvgIpc) is 2.97. The average molecular weight is 458 g/mol. The number of ether oxygens (including phenoxy) is 1. The van der Waals surface area contributed by atoms with Crippen molar-refractivity contribution in [1.29, 1.82) is 0 Å². The normalized spacial score (nSPS) is 12.8. The topological polar surface area (TPSA) is 63.1 Å². The molecule has 3 aromatic carbocycles. The van der Waals surface area contributed by atoms with Crippen molar-refractivity contribution in [2.45, 2.75) is 27.2 Å². The third-order valence-corrected chi connectivity index (χ3v) is 6.46. The summed E-state index contributed by atoms with van der Waals surface area (Å²) in [6.45, 7) is 6.16. The van der Waals surface area contributed by atoms with Gasteiger partial charge in [0.15, 0.2) is 0 Å². The Balaban J connectivity index is 1.60. The van der Waals surface area contributed by atoms with Gasteiger partial charge >= 0.3 is 0 Å². The maximum atomic E-state index is 12.6. The molecule has 0 aromatic heterocycles. The van der Waals surface area contributed by atoms with E-state index < -0.39 is 0 Å². The van der Waals surface area contributed by atoms with Gasteiger partial charge < -0.3 is 10.1 Å². The highest BCUT2D eigenvalue weighted by Crippen LogP contribution is 2.36. The fourth-order valence-corrected chi connectivity index (χ4v) is 4.36. The number of fused-ring (bicyclic) bond motifs is 1. The molecular formula is C27H27N3O2S. The first kappa shape index (κ1) is 22.8. The summed E-state index contributed by atoms with van der Waals surface area (Å²) in [4.78, 5) is 22.5. The van der Waals surface area contributed by atoms with Crippen LogP contribution < -0.4 is 10.1 Å². The van der Waals surface area contributed by atoms with E-state index in [9.17, 15) is 4.79 Å². The molecule has 0 atom stereocenters. The molecule has 33 heavy (non-hydrogen) atoms. The summed E-state index contributed by atoms with van der Waals surface area (Å²) < 4.78 is 5.41. The molecular weight excluding hydrogens is 430 g/mol. The van der Waals surface area contributed by atoms with E-state index in [1.54, 1.807) is 7.11 Å². The molecule has 0 spiro atoms. The first-order valence-electron chi connectivity index (χ1n) is 10.8. The first-order chi connectivity index (χ1) is 15.9. The number of aryl methyl sites for hydroxylation is 3. The lowest BCUT2D eigenvalue weighted by atomic mass is 10.1. The molecule has 1 amide bonds. The van der Waals surface area contributed by atoms with Crippen molar-refractivity contribution < 1.29 is 9.53 Å². The van der Waals surface area contributed by atoms with Crippen molar-refractivity contribution in [3.8, 4) is 5.75 Å². The first-order valence-corrected chi connectivity index (χ1v) is 11.8. The smallest absolute Gasteiger partial charge is 0.234 e. The lowest BCUT2D eigenvalue weighted by molar-refractivity contribution is -0.113. The van der Waals surface area contributed by atoms with Gasteiger partial charge in [0.05, 0.1) is 35.0 Å². The van der Waals surface area contributed by atoms with Crippen molar-refractivity contribution in [2.24, 2.45) is 9.98 Å². The number of nitrogens with one attached hydrogen (secondary N) is 1. The summed E-state index contributed by atoms with van der Waals surface area (Å²) in [5.74, 6) is 0.999. The summed E-state index contributed by atoms with van der Waals surface area (Å²) >= 11 is 1.45. The Labute approximate surface area is 199 Å². The van der Waals surface area contributed by atoms with Gasteiger partial charge in [-0.05, 0) is 73.9 Å². The molecule has 1 aliphatic rings. The van der Waals surface area contributed by atoms with E-state index in [1.807, 2.05) is 55.5 Å². The molecule has 3 aromatic rings. The Morgan fingerprint density at radius 3 is 2.42 bits per heavy atom. The minimum atomic E-state index is -0.0577. The van der Waals surface area contributed by atoms with Gasteiger partial charge in [0.1, 0.15) is 5.75 Å². The van der Waals surface area contributed by atoms with Crippen molar-refractivity contribution in [2.75, 3.05) is 18.2 Å². The van der Waals surface area contributed by atoms with E-state index in [2.05, 4.69) is 31.3 Å². The molecule has 0 radical (unpaired) electrons. The molecule has 1 N–H and O–H groups in total. The molecule has 168 valence electrons. The Bertz CT molecular complexity index is 1260. The van der Waals surface area contributed by atoms with Crippen LogP contribution in [-0.2, 0) is 4.79 Å². The van der Waals surface area contributed by atoms with Crippen LogP contribution in [0.25, 0.3) is 0 Å². The van der Waals surface area contributed by atoms with E-state index in [4.69, 9.17) is 14.7 Å². The summed E-state index contributed by atoms with van der Waals surface area (Å²) in [6, 6.07) is 19.8. The fraction of sp³-hybridized carbons (Fsp3) is 0.222. The highest BCUT2D eigenvalue weighted by molar-refractivity contribution is 8.14. The van der Waals surface area contributed by atoms with Gasteiger partial charge in [-0.25, -0.2) is 4.99 Å². The highest BCUT2D eigenvalue weighted by atomic mass is 32.2. The Morgan fingerprint density at radius 2 is 1.70 bits per heavy atom. The number of anilines is 1. The van der Waals surface area contributed by atoms with Gasteiger partial charge in [-0.2, -0.15) is 0 Å². The lowest BCUT2D eigenvalue weighted by Crippen LogP contribution is -2.16. The van der Waals surface area contributed by atoms with Crippen LogP contribution in [0.5, 0.6) is 5.75 Å². The number of rotatable bonds is 5. The van der Waals surface area contributed by atoms with E-state index in [0.29, 0.717) is 6.42 Å². The molecule has 0 bridgehead atoms. The van der Waals surface area contributed by atoms with Crippen LogP contribution in [0.1, 0.15) is 28.7 Å². The number of carbonyl (C=O) groups excluding carboxylic acids is 1. The third-order valence-electron chi connectivity index (χ3n) is 5.48. The highest BCUT2D eigenvalue weighted by Gasteiger charge is 2.18. The fourth-order valence-electron chi connectivity index (χ4n) is 3.59. The van der Waals surface area contributed by atoms with Crippen molar-refractivity contribution in [3.05, 3.63) is 82.9 Å². The van der Waals surface area contributed by atoms with Gasteiger partial charge in [-0.1, -0.05) is 24.3 Å². The minimum Gasteiger partial charge on any atom is -0.497 e. The van der Waals surface area contributed by atoms with Gasteiger partial charge in [0.25, 0.3) is 0 Å². The number of aliphatic imine (C=N–C) groups is 2. The standard InChI is InChI=1S/C27H27N3O2S/c1-17-7-5-9-21(11-17)28-26(31)16-33-27-15-23(20-8-6-10-22(14-20)32-4)29-24-12-18(2)19(3)13-25(24)30-27/h5-14H,15-16H2,1-4H3,(H,28,31). The van der Waals surface area contributed by atoms with Crippen molar-refractivity contribution in [3.63, 3.8) is 0 Å². The largest absolute Gasteiger partial charge is 0.497 e. The molecule has 0 saturated carbocycles. The van der Waals surface area contributed by atoms with Gasteiger partial charge in [-0.3, -0.25) is 9.79 Å². The lowest BCUT2D eigenvalue weighted by Gasteiger charge is -2.09. The van der Waals surface area contributed by atoms with E-state index in [-0.39, 0.29) is 11.7 Å². The van der Waals surface area contributed by atoms with Crippen LogP contribution in [0.2, 0.25) is 0 Å². The second-order valence-corrected chi connectivity index (χ2v) is 9.15. The zero-order valence-electron chi connectivity index (χ0n) is 19.3. The summed E-state index contributed by atoms with van der Waals surface area (Å²) in [7, 11) is 1.66. The van der Waals surface area contributed by atoms with Gasteiger partial charge in [-0.15, -0.1) is 11.8 Å². The molecule has 0 unspecified atom stereocenters. The molecule has 4 rings (SSSR count). The summed E-state index contributed by atoms with van der Waals surface area (Å²) in [5.41, 5.74) is 7.81. The molecule has 6 heteroatoms. The number of thioether (sulfide) groups is 1. The number of hydrogen-bond donors (Lipinski definition) is 1. The van der Waals surface area contributed by atoms with Crippen molar-refractivity contribution >= 4 is 45.5 Å². The summed E-state index contributed by atoms with van der Waals surface area (Å²) in [6.07, 6.45) is 0.544. The number of nitrogens with zero attached hydrogens (tertiary/aromatic N) is 2. The Morgan fingerprint density at radius 1 is 0.970 bits per heavy atom. The zero-order chi connectivity index (χ0) is 23.4. The molecule has 0 saturated heterocycles. The van der Waals surface area contributed by atoms with Crippen molar-refractivity contribution in [1.82, 2.24) is 0 Å². The van der Waals surface area contributed by atoms with E-state index in [1.165, 1.54) is 22.9 Å². The Kier molecular flexibility index (Phi) is 6.94. The quantitative estimate of drug-likeness (QED) is 0.473. The maximum Gasteiger partial charge on any atom is 0.234 e. The predicted octanol–water partition coefficient (Wildman–Crippen LogP) is 6.55. The third kappa shape index (κ3) is 5.71. The maximum absolute atomic E-state index is 12.6. The SMILES string of the molecule is COc1cccc(C2=Nc3cc(C)c(C)cc3N=C(SCC(=O)Nc3cccc(C)c3)C2)c1. The van der Waals surface area contributed by atoms with Crippen LogP contribution in [0.4, 0.5) is 17.1 Å². The van der Waals surface area contributed by atoms with E-state index >= 15 is 0 Å². The molecule has 5 nitrogen and oxygen atoms in total. The predicted molar refractivity (Wildman–Crippen MR) is 139 cm³/mol. The molecule has 0 aliphatic carbocycles. The number of benzene rings is 3. The minimum absolute atomic E-state index is 0.0577. The van der Waals surface area contributed by atoms with Gasteiger partial charge in [0, 0.05) is 17.7 Å². The number of hydrogen-bond acceptors (Lipinski definition) is 5. The second kappa shape index (κ2) is 10.0. The number of carbonyl (C=O) groups is 1. The number of amides is 1. The van der Waals surface area contributed by atoms with Crippen LogP contribution in [0, 0.1) is 20.8 Å². The Hall–Kier alpha value is -3.38. The molecule has 0 fully saturated rings. The van der Waals surface area contributed by atoms with Gasteiger partial charge in [0.2, 0.25) is 5.91 Å². The second-order valence-electron chi connectivity index (χ2n) is 8.10. The van der Waals surface area contributed by atoms with Crippen LogP contribution in [-0.4, -0.2) is 29.5 Å². The molecule has 1 aliphatic heterocycles. The zero-order valence-corrected chi connectivity index (χ0v) is 20.1. The van der Waals surface area contributed by atoms with Crippen LogP contribution >= 0.6 is 11.8 Å².